The van der Waals surface area contributed by atoms with E-state index in [1.165, 1.54) is 31.7 Å². The highest BCUT2D eigenvalue weighted by molar-refractivity contribution is 6.33. The summed E-state index contributed by atoms with van der Waals surface area (Å²) < 4.78 is 0. The van der Waals surface area contributed by atoms with Gasteiger partial charge in [0.1, 0.15) is 0 Å². The highest BCUT2D eigenvalue weighted by Gasteiger charge is 2.41. The summed E-state index contributed by atoms with van der Waals surface area (Å²) >= 11 is 6.11. The lowest BCUT2D eigenvalue weighted by Crippen LogP contribution is -2.24. The molecular formula is C13H15ClN2O2. The van der Waals surface area contributed by atoms with Crippen LogP contribution in [0.25, 0.3) is 0 Å². The minimum atomic E-state index is -0.384. The Kier molecular flexibility index (Phi) is 2.90. The van der Waals surface area contributed by atoms with Crippen molar-refractivity contribution >= 4 is 23.0 Å². The van der Waals surface area contributed by atoms with E-state index in [4.69, 9.17) is 11.6 Å². The number of nitro groups is 1. The molecule has 0 bridgehead atoms. The van der Waals surface area contributed by atoms with Gasteiger partial charge in [0.25, 0.3) is 5.69 Å². The van der Waals surface area contributed by atoms with Crippen molar-refractivity contribution in [2.45, 2.75) is 31.7 Å². The summed E-state index contributed by atoms with van der Waals surface area (Å²) in [6, 6.07) is 5.03. The molecule has 2 aliphatic rings. The molecule has 0 aromatic heterocycles. The Morgan fingerprint density at radius 3 is 2.39 bits per heavy atom. The molecule has 18 heavy (non-hydrogen) atoms. The lowest BCUT2D eigenvalue weighted by molar-refractivity contribution is -0.384. The maximum absolute atomic E-state index is 10.8. The molecule has 96 valence electrons. The zero-order valence-electron chi connectivity index (χ0n) is 9.93. The second-order valence-corrected chi connectivity index (χ2v) is 5.67. The normalized spacial score (nSPS) is 19.0. The summed E-state index contributed by atoms with van der Waals surface area (Å²) in [5, 5.41) is 14.8. The lowest BCUT2D eigenvalue weighted by Gasteiger charge is -2.19. The highest BCUT2D eigenvalue weighted by atomic mass is 35.5. The summed E-state index contributed by atoms with van der Waals surface area (Å²) in [6.07, 6.45) is 5.06. The zero-order chi connectivity index (χ0) is 12.7. The molecule has 3 rings (SSSR count). The number of hydrogen-bond acceptors (Lipinski definition) is 3. The molecule has 0 saturated heterocycles. The monoisotopic (exact) mass is 266 g/mol. The Morgan fingerprint density at radius 2 is 1.89 bits per heavy atom. The van der Waals surface area contributed by atoms with E-state index in [0.29, 0.717) is 16.8 Å². The van der Waals surface area contributed by atoms with E-state index in [9.17, 15) is 10.1 Å². The summed E-state index contributed by atoms with van der Waals surface area (Å²) in [5.74, 6) is 1.46. The zero-order valence-corrected chi connectivity index (χ0v) is 10.7. The average Bonchev–Trinajstić information content (AvgIpc) is 3.20. The van der Waals surface area contributed by atoms with Gasteiger partial charge in [-0.25, -0.2) is 0 Å². The first-order valence-corrected chi connectivity index (χ1v) is 6.73. The standard InChI is InChI=1S/C13H15ClN2O2/c14-11-6-5-10(16(17)18)7-12(11)15-13(8-1-2-8)9-3-4-9/h5-9,13,15H,1-4H2. The number of anilines is 1. The SMILES string of the molecule is O=[N+]([O-])c1ccc(Cl)c(NC(C2CC2)C2CC2)c1. The molecule has 0 spiro atoms. The van der Waals surface area contributed by atoms with E-state index in [0.717, 1.165) is 11.8 Å². The first-order chi connectivity index (χ1) is 8.65. The second kappa shape index (κ2) is 4.43. The number of nitrogens with one attached hydrogen (secondary N) is 1. The van der Waals surface area contributed by atoms with Crippen LogP contribution in [0.4, 0.5) is 11.4 Å². The number of halogens is 1. The first kappa shape index (κ1) is 11.8. The average molecular weight is 267 g/mol. The van der Waals surface area contributed by atoms with Gasteiger partial charge in [-0.05, 0) is 43.6 Å². The highest BCUT2D eigenvalue weighted by Crippen LogP contribution is 2.46. The van der Waals surface area contributed by atoms with E-state index in [1.54, 1.807) is 12.1 Å². The third kappa shape index (κ3) is 2.43. The van der Waals surface area contributed by atoms with Gasteiger partial charge in [0.05, 0.1) is 15.6 Å². The van der Waals surface area contributed by atoms with Crippen molar-refractivity contribution in [1.29, 1.82) is 0 Å². The van der Waals surface area contributed by atoms with Crippen LogP contribution in [-0.4, -0.2) is 11.0 Å². The van der Waals surface area contributed by atoms with Gasteiger partial charge >= 0.3 is 0 Å². The van der Waals surface area contributed by atoms with E-state index >= 15 is 0 Å². The van der Waals surface area contributed by atoms with Crippen LogP contribution in [0.1, 0.15) is 25.7 Å². The Balaban J connectivity index is 1.81. The van der Waals surface area contributed by atoms with Crippen molar-refractivity contribution in [3.63, 3.8) is 0 Å². The van der Waals surface area contributed by atoms with Crippen LogP contribution in [0.3, 0.4) is 0 Å². The van der Waals surface area contributed by atoms with Crippen molar-refractivity contribution in [3.8, 4) is 0 Å². The number of benzene rings is 1. The minimum absolute atomic E-state index is 0.0900. The molecule has 1 aromatic carbocycles. The summed E-state index contributed by atoms with van der Waals surface area (Å²) in [4.78, 5) is 10.4. The van der Waals surface area contributed by atoms with Crippen LogP contribution in [0, 0.1) is 22.0 Å². The Morgan fingerprint density at radius 1 is 1.28 bits per heavy atom. The molecular weight excluding hydrogens is 252 g/mol. The quantitative estimate of drug-likeness (QED) is 0.651. The minimum Gasteiger partial charge on any atom is -0.380 e. The Labute approximate surface area is 110 Å². The van der Waals surface area contributed by atoms with E-state index in [2.05, 4.69) is 5.32 Å². The van der Waals surface area contributed by atoms with Gasteiger partial charge in [0.2, 0.25) is 0 Å². The van der Waals surface area contributed by atoms with E-state index in [-0.39, 0.29) is 10.6 Å². The van der Waals surface area contributed by atoms with Gasteiger partial charge < -0.3 is 5.32 Å². The van der Waals surface area contributed by atoms with Gasteiger partial charge in [-0.1, -0.05) is 11.6 Å². The lowest BCUT2D eigenvalue weighted by atomic mass is 10.1. The molecule has 0 atom stereocenters. The molecule has 0 heterocycles. The van der Waals surface area contributed by atoms with Crippen LogP contribution in [-0.2, 0) is 0 Å². The molecule has 1 aromatic rings. The molecule has 5 heteroatoms. The third-order valence-corrected chi connectivity index (χ3v) is 4.07. The Hall–Kier alpha value is -1.29. The molecule has 2 fully saturated rings. The smallest absolute Gasteiger partial charge is 0.271 e. The third-order valence-electron chi connectivity index (χ3n) is 3.74. The van der Waals surface area contributed by atoms with E-state index in [1.807, 2.05) is 0 Å². The van der Waals surface area contributed by atoms with Crippen LogP contribution in [0.5, 0.6) is 0 Å². The van der Waals surface area contributed by atoms with Gasteiger partial charge in [-0.3, -0.25) is 10.1 Å². The van der Waals surface area contributed by atoms with Crippen LogP contribution in [0.15, 0.2) is 18.2 Å². The molecule has 0 unspecified atom stereocenters. The largest absolute Gasteiger partial charge is 0.380 e. The fraction of sp³-hybridized carbons (Fsp3) is 0.538. The molecule has 2 saturated carbocycles. The molecule has 0 radical (unpaired) electrons. The van der Waals surface area contributed by atoms with Gasteiger partial charge in [-0.15, -0.1) is 0 Å². The topological polar surface area (TPSA) is 55.2 Å². The van der Waals surface area contributed by atoms with Crippen LogP contribution >= 0.6 is 11.6 Å². The fourth-order valence-electron chi connectivity index (χ4n) is 2.45. The molecule has 2 aliphatic carbocycles. The van der Waals surface area contributed by atoms with Crippen molar-refractivity contribution in [2.24, 2.45) is 11.8 Å². The maximum Gasteiger partial charge on any atom is 0.271 e. The van der Waals surface area contributed by atoms with Crippen molar-refractivity contribution in [2.75, 3.05) is 5.32 Å². The number of nitrogens with zero attached hydrogens (tertiary/aromatic N) is 1. The van der Waals surface area contributed by atoms with Gasteiger partial charge in [0.15, 0.2) is 0 Å². The van der Waals surface area contributed by atoms with Crippen molar-refractivity contribution < 1.29 is 4.92 Å². The van der Waals surface area contributed by atoms with E-state index < -0.39 is 0 Å². The first-order valence-electron chi connectivity index (χ1n) is 6.35. The summed E-state index contributed by atoms with van der Waals surface area (Å²) in [7, 11) is 0. The summed E-state index contributed by atoms with van der Waals surface area (Å²) in [5.41, 5.74) is 0.793. The number of non-ortho nitro benzene ring substituents is 1. The Bertz CT molecular complexity index is 472. The van der Waals surface area contributed by atoms with Crippen LogP contribution in [0.2, 0.25) is 5.02 Å². The molecule has 4 nitrogen and oxygen atoms in total. The number of hydrogen-bond donors (Lipinski definition) is 1. The predicted molar refractivity (Wildman–Crippen MR) is 71.0 cm³/mol. The van der Waals surface area contributed by atoms with Gasteiger partial charge in [-0.2, -0.15) is 0 Å². The fourth-order valence-corrected chi connectivity index (χ4v) is 2.62. The number of rotatable bonds is 5. The van der Waals surface area contributed by atoms with Crippen molar-refractivity contribution in [1.82, 2.24) is 0 Å². The van der Waals surface area contributed by atoms with Crippen LogP contribution < -0.4 is 5.32 Å². The molecule has 0 aliphatic heterocycles. The van der Waals surface area contributed by atoms with Gasteiger partial charge in [0, 0.05) is 18.2 Å². The second-order valence-electron chi connectivity index (χ2n) is 5.27. The maximum atomic E-state index is 10.8. The predicted octanol–water partition coefficient (Wildman–Crippen LogP) is 3.85. The molecule has 1 N–H and O–H groups in total. The molecule has 0 amide bonds. The summed E-state index contributed by atoms with van der Waals surface area (Å²) in [6.45, 7) is 0. The van der Waals surface area contributed by atoms with Crippen molar-refractivity contribution in [3.05, 3.63) is 33.3 Å². The number of nitro benzene ring substituents is 1.